The minimum atomic E-state index is -0.646. The highest BCUT2D eigenvalue weighted by Gasteiger charge is 2.29. The van der Waals surface area contributed by atoms with E-state index in [-0.39, 0.29) is 17.5 Å². The third-order valence-corrected chi connectivity index (χ3v) is 6.12. The molecule has 0 saturated heterocycles. The Labute approximate surface area is 202 Å². The lowest BCUT2D eigenvalue weighted by atomic mass is 10.1. The number of imidazole rings is 1. The van der Waals surface area contributed by atoms with Crippen molar-refractivity contribution in [2.24, 2.45) is 5.73 Å². The fourth-order valence-electron chi connectivity index (χ4n) is 4.31. The molecule has 5 rings (SSSR count). The van der Waals surface area contributed by atoms with Crippen LogP contribution in [0, 0.1) is 11.6 Å². The van der Waals surface area contributed by atoms with E-state index < -0.39 is 6.04 Å². The zero-order valence-corrected chi connectivity index (χ0v) is 19.0. The Morgan fingerprint density at radius 1 is 0.943 bits per heavy atom. The first kappa shape index (κ1) is 22.7. The maximum Gasteiger partial charge on any atom is 0.240 e. The van der Waals surface area contributed by atoms with Crippen molar-refractivity contribution >= 4 is 17.4 Å². The number of nitrogens with zero attached hydrogens (tertiary/aromatic N) is 3. The van der Waals surface area contributed by atoms with Gasteiger partial charge in [0.1, 0.15) is 29.0 Å². The third-order valence-electron chi connectivity index (χ3n) is 6.12. The van der Waals surface area contributed by atoms with Crippen LogP contribution in [0.15, 0.2) is 78.9 Å². The minimum Gasteiger partial charge on any atom is -0.340 e. The fourth-order valence-corrected chi connectivity index (χ4v) is 4.31. The molecular weight excluding hydrogens is 448 g/mol. The van der Waals surface area contributed by atoms with Gasteiger partial charge in [0.05, 0.1) is 12.6 Å². The van der Waals surface area contributed by atoms with E-state index in [4.69, 9.17) is 10.7 Å². The van der Waals surface area contributed by atoms with Crippen LogP contribution < -0.4 is 11.1 Å². The zero-order chi connectivity index (χ0) is 24.4. The summed E-state index contributed by atoms with van der Waals surface area (Å²) in [5.74, 6) is 0.611. The van der Waals surface area contributed by atoms with Crippen LogP contribution in [0.3, 0.4) is 0 Å². The Morgan fingerprint density at radius 2 is 1.60 bits per heavy atom. The lowest BCUT2D eigenvalue weighted by Gasteiger charge is -2.30. The van der Waals surface area contributed by atoms with Gasteiger partial charge in [0, 0.05) is 24.3 Å². The third kappa shape index (κ3) is 4.93. The molecule has 178 valence electrons. The number of nitrogens with one attached hydrogen (secondary N) is 1. The van der Waals surface area contributed by atoms with Crippen molar-refractivity contribution in [1.82, 2.24) is 14.5 Å². The molecule has 1 unspecified atom stereocenters. The molecular formula is C27H25F2N5O. The number of nitrogens with two attached hydrogens (primary N) is 1. The summed E-state index contributed by atoms with van der Waals surface area (Å²) in [7, 11) is 0. The Bertz CT molecular complexity index is 1320. The molecule has 3 N–H and O–H groups in total. The molecule has 3 aromatic carbocycles. The molecule has 1 aromatic heterocycles. The highest BCUT2D eigenvalue weighted by atomic mass is 19.1. The number of fused-ring (bicyclic) bond motifs is 1. The number of carbonyl (C=O) groups excluding carboxylic acids is 1. The molecule has 1 aliphatic heterocycles. The van der Waals surface area contributed by atoms with Crippen LogP contribution in [-0.4, -0.2) is 32.9 Å². The van der Waals surface area contributed by atoms with Crippen LogP contribution >= 0.6 is 0 Å². The number of anilines is 2. The molecule has 35 heavy (non-hydrogen) atoms. The summed E-state index contributed by atoms with van der Waals surface area (Å²) in [5, 5.41) is 3.33. The van der Waals surface area contributed by atoms with E-state index in [1.807, 2.05) is 34.9 Å². The normalized spacial score (nSPS) is 13.9. The molecule has 6 nitrogen and oxygen atoms in total. The van der Waals surface area contributed by atoms with Gasteiger partial charge in [0.2, 0.25) is 5.91 Å². The van der Waals surface area contributed by atoms with Crippen molar-refractivity contribution in [2.75, 3.05) is 11.9 Å². The first-order chi connectivity index (χ1) is 17.0. The van der Waals surface area contributed by atoms with Gasteiger partial charge in [-0.15, -0.1) is 0 Å². The van der Waals surface area contributed by atoms with E-state index in [0.29, 0.717) is 49.1 Å². The number of amides is 1. The molecule has 2 heterocycles. The van der Waals surface area contributed by atoms with Gasteiger partial charge in [-0.1, -0.05) is 30.3 Å². The predicted octanol–water partition coefficient (Wildman–Crippen LogP) is 4.48. The lowest BCUT2D eigenvalue weighted by molar-refractivity contribution is -0.134. The molecule has 1 amide bonds. The summed E-state index contributed by atoms with van der Waals surface area (Å²) in [5.41, 5.74) is 9.33. The largest absolute Gasteiger partial charge is 0.340 e. The monoisotopic (exact) mass is 473 g/mol. The summed E-state index contributed by atoms with van der Waals surface area (Å²) in [6, 6.07) is 21.2. The number of halogens is 2. The Morgan fingerprint density at radius 3 is 2.29 bits per heavy atom. The molecule has 1 aliphatic rings. The summed E-state index contributed by atoms with van der Waals surface area (Å²) in [6.07, 6.45) is 0.461. The van der Waals surface area contributed by atoms with E-state index in [2.05, 4.69) is 5.32 Å². The van der Waals surface area contributed by atoms with Crippen LogP contribution in [0.5, 0.6) is 0 Å². The Hall–Kier alpha value is -4.04. The maximum absolute atomic E-state index is 13.6. The standard InChI is InChI=1S/C27H25F2N5O/c28-20-8-6-19(7-9-20)25-26(31-22-12-10-21(29)11-13-22)34-15-14-33(17-24(34)32-25)27(35)23(30)16-18-4-2-1-3-5-18/h1-13,23,31H,14-17,30H2. The lowest BCUT2D eigenvalue weighted by Crippen LogP contribution is -2.47. The van der Waals surface area contributed by atoms with Crippen LogP contribution in [0.4, 0.5) is 20.3 Å². The van der Waals surface area contributed by atoms with Crippen LogP contribution in [0.25, 0.3) is 11.3 Å². The zero-order valence-electron chi connectivity index (χ0n) is 19.0. The SMILES string of the molecule is NC(Cc1ccccc1)C(=O)N1CCn2c(nc(-c3ccc(F)cc3)c2Nc2ccc(F)cc2)C1. The maximum atomic E-state index is 13.6. The van der Waals surface area contributed by atoms with Gasteiger partial charge in [-0.25, -0.2) is 13.8 Å². The molecule has 4 aromatic rings. The van der Waals surface area contributed by atoms with Crippen molar-refractivity contribution in [3.63, 3.8) is 0 Å². The van der Waals surface area contributed by atoms with E-state index in [1.54, 1.807) is 29.2 Å². The smallest absolute Gasteiger partial charge is 0.240 e. The van der Waals surface area contributed by atoms with Crippen molar-refractivity contribution in [2.45, 2.75) is 25.6 Å². The summed E-state index contributed by atoms with van der Waals surface area (Å²) >= 11 is 0. The number of aromatic nitrogens is 2. The van der Waals surface area contributed by atoms with Gasteiger partial charge in [0.25, 0.3) is 0 Å². The number of hydrogen-bond acceptors (Lipinski definition) is 4. The van der Waals surface area contributed by atoms with Gasteiger partial charge < -0.3 is 20.5 Å². The summed E-state index contributed by atoms with van der Waals surface area (Å²) in [6.45, 7) is 1.29. The van der Waals surface area contributed by atoms with Crippen LogP contribution in [0.1, 0.15) is 11.4 Å². The van der Waals surface area contributed by atoms with Crippen LogP contribution in [0.2, 0.25) is 0 Å². The van der Waals surface area contributed by atoms with Gasteiger partial charge in [-0.3, -0.25) is 4.79 Å². The quantitative estimate of drug-likeness (QED) is 0.433. The van der Waals surface area contributed by atoms with Crippen molar-refractivity contribution in [3.8, 4) is 11.3 Å². The van der Waals surface area contributed by atoms with Crippen molar-refractivity contribution < 1.29 is 13.6 Å². The average molecular weight is 474 g/mol. The van der Waals surface area contributed by atoms with E-state index in [0.717, 1.165) is 11.1 Å². The van der Waals surface area contributed by atoms with Gasteiger partial charge in [-0.2, -0.15) is 0 Å². The van der Waals surface area contributed by atoms with E-state index in [9.17, 15) is 13.6 Å². The molecule has 0 fully saturated rings. The Balaban J connectivity index is 1.42. The van der Waals surface area contributed by atoms with E-state index in [1.165, 1.54) is 24.3 Å². The molecule has 1 atom stereocenters. The van der Waals surface area contributed by atoms with Crippen molar-refractivity contribution in [3.05, 3.63) is 102 Å². The summed E-state index contributed by atoms with van der Waals surface area (Å²) in [4.78, 5) is 19.6. The molecule has 0 aliphatic carbocycles. The van der Waals surface area contributed by atoms with Gasteiger partial charge in [-0.05, 0) is 60.5 Å². The molecule has 0 spiro atoms. The number of hydrogen-bond donors (Lipinski definition) is 2. The van der Waals surface area contributed by atoms with Crippen molar-refractivity contribution in [1.29, 1.82) is 0 Å². The average Bonchev–Trinajstić information content (AvgIpc) is 3.23. The highest BCUT2D eigenvalue weighted by Crippen LogP contribution is 2.33. The molecule has 8 heteroatoms. The first-order valence-corrected chi connectivity index (χ1v) is 11.4. The topological polar surface area (TPSA) is 76.2 Å². The molecule has 0 radical (unpaired) electrons. The minimum absolute atomic E-state index is 0.125. The highest BCUT2D eigenvalue weighted by molar-refractivity contribution is 5.82. The Kier molecular flexibility index (Phi) is 6.29. The van der Waals surface area contributed by atoms with Gasteiger partial charge in [0.15, 0.2) is 0 Å². The van der Waals surface area contributed by atoms with Gasteiger partial charge >= 0.3 is 0 Å². The van der Waals surface area contributed by atoms with E-state index >= 15 is 0 Å². The number of benzene rings is 3. The second kappa shape index (κ2) is 9.68. The second-order valence-corrected chi connectivity index (χ2v) is 8.57. The second-order valence-electron chi connectivity index (χ2n) is 8.57. The molecule has 0 saturated carbocycles. The summed E-state index contributed by atoms with van der Waals surface area (Å²) < 4.78 is 29.0. The van der Waals surface area contributed by atoms with Crippen LogP contribution in [-0.2, 0) is 24.3 Å². The first-order valence-electron chi connectivity index (χ1n) is 11.4. The number of rotatable bonds is 6. The molecule has 0 bridgehead atoms. The fraction of sp³-hybridized carbons (Fsp3) is 0.185. The number of carbonyl (C=O) groups is 1. The predicted molar refractivity (Wildman–Crippen MR) is 131 cm³/mol.